The second-order valence-corrected chi connectivity index (χ2v) is 3.78. The fraction of sp³-hybridized carbons (Fsp3) is 0.400. The summed E-state index contributed by atoms with van der Waals surface area (Å²) in [6, 6.07) is 0. The van der Waals surface area contributed by atoms with Gasteiger partial charge in [0.15, 0.2) is 6.33 Å². The molecule has 4 N–H and O–H groups in total. The maximum Gasteiger partial charge on any atom is 0.330 e. The molecule has 0 radical (unpaired) electrons. The second-order valence-electron chi connectivity index (χ2n) is 3.78. The number of anilines is 2. The van der Waals surface area contributed by atoms with Crippen LogP contribution in [0.4, 0.5) is 11.5 Å². The molecule has 0 fully saturated rings. The molecule has 0 aliphatic heterocycles. The third kappa shape index (κ3) is 2.64. The first-order valence-corrected chi connectivity index (χ1v) is 5.75. The van der Waals surface area contributed by atoms with E-state index in [1.807, 2.05) is 0 Å². The Morgan fingerprint density at radius 2 is 2.32 bits per heavy atom. The molecule has 0 spiro atoms. The summed E-state index contributed by atoms with van der Waals surface area (Å²) in [5.41, 5.74) is 4.89. The SMILES string of the molecule is CCn1c(N)c(NCCc2ncno2)c(=O)[nH]c1=O. The van der Waals surface area contributed by atoms with Crippen molar-refractivity contribution < 1.29 is 4.52 Å². The lowest BCUT2D eigenvalue weighted by atomic mass is 10.3. The molecule has 0 aliphatic rings. The van der Waals surface area contributed by atoms with Crippen LogP contribution < -0.4 is 22.3 Å². The summed E-state index contributed by atoms with van der Waals surface area (Å²) in [5, 5.41) is 6.34. The lowest BCUT2D eigenvalue weighted by Gasteiger charge is -2.11. The topological polar surface area (TPSA) is 132 Å². The minimum atomic E-state index is -0.544. The Hall–Kier alpha value is -2.58. The molecule has 2 aromatic rings. The molecule has 2 aromatic heterocycles. The molecule has 19 heavy (non-hydrogen) atoms. The van der Waals surface area contributed by atoms with Gasteiger partial charge in [-0.15, -0.1) is 0 Å². The maximum atomic E-state index is 11.7. The van der Waals surface area contributed by atoms with Crippen molar-refractivity contribution in [1.82, 2.24) is 19.7 Å². The normalized spacial score (nSPS) is 10.6. The van der Waals surface area contributed by atoms with Crippen LogP contribution in [-0.4, -0.2) is 26.2 Å². The van der Waals surface area contributed by atoms with E-state index in [1.54, 1.807) is 6.92 Å². The van der Waals surface area contributed by atoms with Crippen molar-refractivity contribution in [2.24, 2.45) is 0 Å². The van der Waals surface area contributed by atoms with Gasteiger partial charge in [-0.3, -0.25) is 14.3 Å². The monoisotopic (exact) mass is 266 g/mol. The Morgan fingerprint density at radius 1 is 1.53 bits per heavy atom. The van der Waals surface area contributed by atoms with E-state index in [1.165, 1.54) is 10.9 Å². The van der Waals surface area contributed by atoms with Crippen molar-refractivity contribution in [1.29, 1.82) is 0 Å². The number of nitrogens with one attached hydrogen (secondary N) is 2. The molecule has 0 amide bonds. The Balaban J connectivity index is 2.16. The maximum absolute atomic E-state index is 11.7. The van der Waals surface area contributed by atoms with E-state index < -0.39 is 11.2 Å². The van der Waals surface area contributed by atoms with E-state index in [0.717, 1.165) is 0 Å². The van der Waals surface area contributed by atoms with Gasteiger partial charge in [0.05, 0.1) is 0 Å². The summed E-state index contributed by atoms with van der Waals surface area (Å²) < 4.78 is 6.10. The first-order valence-electron chi connectivity index (χ1n) is 5.75. The van der Waals surface area contributed by atoms with Gasteiger partial charge in [-0.25, -0.2) is 4.79 Å². The summed E-state index contributed by atoms with van der Waals surface area (Å²) in [4.78, 5) is 29.2. The minimum Gasteiger partial charge on any atom is -0.383 e. The molecule has 9 heteroatoms. The number of nitrogens with zero attached hydrogens (tertiary/aromatic N) is 3. The van der Waals surface area contributed by atoms with Gasteiger partial charge in [-0.1, -0.05) is 5.16 Å². The highest BCUT2D eigenvalue weighted by Gasteiger charge is 2.11. The van der Waals surface area contributed by atoms with Gasteiger partial charge in [0, 0.05) is 19.5 Å². The van der Waals surface area contributed by atoms with E-state index in [9.17, 15) is 9.59 Å². The summed E-state index contributed by atoms with van der Waals surface area (Å²) >= 11 is 0. The molecule has 9 nitrogen and oxygen atoms in total. The number of rotatable bonds is 5. The van der Waals surface area contributed by atoms with E-state index in [-0.39, 0.29) is 11.5 Å². The Labute approximate surface area is 107 Å². The van der Waals surface area contributed by atoms with Gasteiger partial charge in [0.1, 0.15) is 11.5 Å². The lowest BCUT2D eigenvalue weighted by Crippen LogP contribution is -2.34. The Morgan fingerprint density at radius 3 is 2.95 bits per heavy atom. The van der Waals surface area contributed by atoms with Crippen LogP contribution in [0.2, 0.25) is 0 Å². The number of nitrogens with two attached hydrogens (primary N) is 1. The second kappa shape index (κ2) is 5.38. The van der Waals surface area contributed by atoms with Crippen LogP contribution in [0.15, 0.2) is 20.4 Å². The zero-order valence-corrected chi connectivity index (χ0v) is 10.3. The first-order chi connectivity index (χ1) is 9.13. The highest BCUT2D eigenvalue weighted by atomic mass is 16.5. The summed E-state index contributed by atoms with van der Waals surface area (Å²) in [5.74, 6) is 0.563. The largest absolute Gasteiger partial charge is 0.383 e. The van der Waals surface area contributed by atoms with Crippen LogP contribution in [0.25, 0.3) is 0 Å². The summed E-state index contributed by atoms with van der Waals surface area (Å²) in [6.45, 7) is 2.52. The van der Waals surface area contributed by atoms with Crippen molar-refractivity contribution in [3.05, 3.63) is 33.1 Å². The average molecular weight is 266 g/mol. The van der Waals surface area contributed by atoms with Crippen molar-refractivity contribution >= 4 is 11.5 Å². The standard InChI is InChI=1S/C10H14N6O3/c1-2-16-8(11)7(9(17)15-10(16)18)12-4-3-6-13-5-14-19-6/h5,12H,2-4,11H2,1H3,(H,15,17,18). The predicted octanol–water partition coefficient (Wildman–Crippen LogP) is -0.824. The van der Waals surface area contributed by atoms with E-state index in [2.05, 4.69) is 20.4 Å². The molecular formula is C10H14N6O3. The van der Waals surface area contributed by atoms with Gasteiger partial charge in [-0.2, -0.15) is 4.98 Å². The van der Waals surface area contributed by atoms with Gasteiger partial charge in [0.25, 0.3) is 5.56 Å². The number of hydrogen-bond donors (Lipinski definition) is 3. The van der Waals surface area contributed by atoms with E-state index in [4.69, 9.17) is 10.3 Å². The summed E-state index contributed by atoms with van der Waals surface area (Å²) in [7, 11) is 0. The van der Waals surface area contributed by atoms with Crippen LogP contribution in [0.5, 0.6) is 0 Å². The zero-order chi connectivity index (χ0) is 13.8. The van der Waals surface area contributed by atoms with Crippen LogP contribution in [-0.2, 0) is 13.0 Å². The minimum absolute atomic E-state index is 0.113. The molecule has 0 unspecified atom stereocenters. The molecule has 0 aromatic carbocycles. The van der Waals surface area contributed by atoms with Crippen LogP contribution in [0.3, 0.4) is 0 Å². The molecule has 2 heterocycles. The highest BCUT2D eigenvalue weighted by molar-refractivity contribution is 5.60. The van der Waals surface area contributed by atoms with Crippen molar-refractivity contribution in [3.63, 3.8) is 0 Å². The highest BCUT2D eigenvalue weighted by Crippen LogP contribution is 2.09. The van der Waals surface area contributed by atoms with Gasteiger partial charge in [0.2, 0.25) is 5.89 Å². The van der Waals surface area contributed by atoms with Gasteiger partial charge in [-0.05, 0) is 6.92 Å². The fourth-order valence-electron chi connectivity index (χ4n) is 1.67. The molecule has 2 rings (SSSR count). The van der Waals surface area contributed by atoms with Crippen molar-refractivity contribution in [2.75, 3.05) is 17.6 Å². The third-order valence-electron chi connectivity index (χ3n) is 2.60. The third-order valence-corrected chi connectivity index (χ3v) is 2.60. The summed E-state index contributed by atoms with van der Waals surface area (Å²) in [6.07, 6.45) is 1.75. The average Bonchev–Trinajstić information content (AvgIpc) is 2.86. The fourth-order valence-corrected chi connectivity index (χ4v) is 1.67. The first kappa shape index (κ1) is 12.9. The van der Waals surface area contributed by atoms with Crippen LogP contribution in [0, 0.1) is 0 Å². The predicted molar refractivity (Wildman–Crippen MR) is 67.9 cm³/mol. The molecule has 102 valence electrons. The molecule has 0 saturated heterocycles. The number of nitrogen functional groups attached to an aromatic ring is 1. The van der Waals surface area contributed by atoms with Gasteiger partial charge < -0.3 is 15.6 Å². The Bertz CT molecular complexity index is 657. The molecule has 0 aliphatic carbocycles. The zero-order valence-electron chi connectivity index (χ0n) is 10.3. The molecule has 0 bridgehead atoms. The molecular weight excluding hydrogens is 252 g/mol. The van der Waals surface area contributed by atoms with Crippen LogP contribution >= 0.6 is 0 Å². The van der Waals surface area contributed by atoms with E-state index >= 15 is 0 Å². The van der Waals surface area contributed by atoms with Gasteiger partial charge >= 0.3 is 5.69 Å². The van der Waals surface area contributed by atoms with Crippen LogP contribution in [0.1, 0.15) is 12.8 Å². The van der Waals surface area contributed by atoms with E-state index in [0.29, 0.717) is 25.4 Å². The van der Waals surface area contributed by atoms with Crippen molar-refractivity contribution in [2.45, 2.75) is 19.9 Å². The Kier molecular flexibility index (Phi) is 3.64. The smallest absolute Gasteiger partial charge is 0.330 e. The quantitative estimate of drug-likeness (QED) is 0.643. The molecule has 0 atom stereocenters. The lowest BCUT2D eigenvalue weighted by molar-refractivity contribution is 0.379. The van der Waals surface area contributed by atoms with Crippen molar-refractivity contribution in [3.8, 4) is 0 Å². The number of hydrogen-bond acceptors (Lipinski definition) is 7. The molecule has 0 saturated carbocycles. The number of aromatic nitrogens is 4. The number of H-pyrrole nitrogens is 1. The number of aromatic amines is 1.